The first kappa shape index (κ1) is 14.8. The summed E-state index contributed by atoms with van der Waals surface area (Å²) < 4.78 is 2.54. The maximum absolute atomic E-state index is 12.6. The predicted molar refractivity (Wildman–Crippen MR) is 97.6 cm³/mol. The fraction of sp³-hybridized carbons (Fsp3) is 0.316. The van der Waals surface area contributed by atoms with Gasteiger partial charge in [0.2, 0.25) is 0 Å². The highest BCUT2D eigenvalue weighted by molar-refractivity contribution is 7.25. The molecule has 0 spiro atoms. The van der Waals surface area contributed by atoms with Gasteiger partial charge in [0.15, 0.2) is 5.78 Å². The monoisotopic (exact) mass is 324 g/mol. The van der Waals surface area contributed by atoms with Crippen molar-refractivity contribution in [2.75, 3.05) is 39.8 Å². The maximum atomic E-state index is 12.6. The number of fused-ring (bicyclic) bond motifs is 3. The second-order valence-electron chi connectivity index (χ2n) is 6.31. The van der Waals surface area contributed by atoms with Crippen LogP contribution in [0.5, 0.6) is 0 Å². The lowest BCUT2D eigenvalue weighted by Gasteiger charge is -2.31. The standard InChI is InChI=1S/C19H20N2OS/c1-20-8-10-21(11-9-20)13-17(22)14-6-7-19-16(12-14)15-4-2-3-5-18(15)23-19/h2-7,12H,8-11,13H2,1H3. The van der Waals surface area contributed by atoms with Crippen LogP contribution in [0.25, 0.3) is 20.2 Å². The number of carbonyl (C=O) groups excluding carboxylic acids is 1. The van der Waals surface area contributed by atoms with Gasteiger partial charge in [-0.15, -0.1) is 11.3 Å². The van der Waals surface area contributed by atoms with E-state index in [2.05, 4.69) is 53.2 Å². The Labute approximate surface area is 140 Å². The number of nitrogens with zero attached hydrogens (tertiary/aromatic N) is 2. The minimum Gasteiger partial charge on any atom is -0.304 e. The zero-order valence-electron chi connectivity index (χ0n) is 13.3. The number of Topliss-reactive ketones (excluding diaryl/α,β-unsaturated/α-hetero) is 1. The van der Waals surface area contributed by atoms with Crippen LogP contribution in [0.3, 0.4) is 0 Å². The molecule has 4 heteroatoms. The summed E-state index contributed by atoms with van der Waals surface area (Å²) in [6.45, 7) is 4.57. The molecular weight excluding hydrogens is 304 g/mol. The largest absolute Gasteiger partial charge is 0.304 e. The quantitative estimate of drug-likeness (QED) is 0.689. The van der Waals surface area contributed by atoms with Gasteiger partial charge in [0.1, 0.15) is 0 Å². The minimum absolute atomic E-state index is 0.228. The zero-order valence-corrected chi connectivity index (χ0v) is 14.1. The van der Waals surface area contributed by atoms with Gasteiger partial charge in [0.05, 0.1) is 6.54 Å². The third-order valence-corrected chi connectivity index (χ3v) is 5.81. The van der Waals surface area contributed by atoms with Crippen molar-refractivity contribution in [3.63, 3.8) is 0 Å². The molecule has 2 aromatic carbocycles. The molecule has 0 unspecified atom stereocenters. The summed E-state index contributed by atoms with van der Waals surface area (Å²) in [5, 5.41) is 2.46. The lowest BCUT2D eigenvalue weighted by molar-refractivity contribution is 0.0876. The molecule has 0 atom stereocenters. The Morgan fingerprint density at radius 3 is 2.57 bits per heavy atom. The number of thiophene rings is 1. The molecule has 1 aliphatic rings. The van der Waals surface area contributed by atoms with Crippen molar-refractivity contribution in [3.8, 4) is 0 Å². The molecule has 1 aliphatic heterocycles. The fourth-order valence-corrected chi connectivity index (χ4v) is 4.29. The van der Waals surface area contributed by atoms with Gasteiger partial charge in [0.25, 0.3) is 0 Å². The van der Waals surface area contributed by atoms with Gasteiger partial charge in [-0.3, -0.25) is 9.69 Å². The summed E-state index contributed by atoms with van der Waals surface area (Å²) in [6.07, 6.45) is 0. The summed E-state index contributed by atoms with van der Waals surface area (Å²) >= 11 is 1.79. The molecule has 4 rings (SSSR count). The second-order valence-corrected chi connectivity index (χ2v) is 7.40. The van der Waals surface area contributed by atoms with Crippen molar-refractivity contribution in [2.24, 2.45) is 0 Å². The molecule has 0 amide bonds. The average molecular weight is 324 g/mol. The van der Waals surface area contributed by atoms with Gasteiger partial charge in [-0.1, -0.05) is 18.2 Å². The Morgan fingerprint density at radius 2 is 1.74 bits per heavy atom. The van der Waals surface area contributed by atoms with Crippen LogP contribution in [-0.2, 0) is 0 Å². The van der Waals surface area contributed by atoms with Crippen molar-refractivity contribution >= 4 is 37.3 Å². The number of carbonyl (C=O) groups is 1. The van der Waals surface area contributed by atoms with Gasteiger partial charge in [-0.25, -0.2) is 0 Å². The van der Waals surface area contributed by atoms with E-state index < -0.39 is 0 Å². The highest BCUT2D eigenvalue weighted by atomic mass is 32.1. The van der Waals surface area contributed by atoms with Crippen molar-refractivity contribution in [1.29, 1.82) is 0 Å². The maximum Gasteiger partial charge on any atom is 0.176 e. The molecular formula is C19H20N2OS. The van der Waals surface area contributed by atoms with Crippen LogP contribution < -0.4 is 0 Å². The first-order valence-electron chi connectivity index (χ1n) is 8.06. The SMILES string of the molecule is CN1CCN(CC(=O)c2ccc3sc4ccccc4c3c2)CC1. The lowest BCUT2D eigenvalue weighted by Crippen LogP contribution is -2.46. The molecule has 1 fully saturated rings. The summed E-state index contributed by atoms with van der Waals surface area (Å²) in [6, 6.07) is 14.6. The summed E-state index contributed by atoms with van der Waals surface area (Å²) in [4.78, 5) is 17.2. The molecule has 1 saturated heterocycles. The Kier molecular flexibility index (Phi) is 3.89. The van der Waals surface area contributed by atoms with Crippen LogP contribution in [0.2, 0.25) is 0 Å². The Hall–Kier alpha value is -1.75. The third-order valence-electron chi connectivity index (χ3n) is 4.66. The summed E-state index contributed by atoms with van der Waals surface area (Å²) in [5.41, 5.74) is 0.833. The molecule has 23 heavy (non-hydrogen) atoms. The topological polar surface area (TPSA) is 23.6 Å². The van der Waals surface area contributed by atoms with Gasteiger partial charge in [-0.05, 0) is 31.3 Å². The lowest BCUT2D eigenvalue weighted by atomic mass is 10.1. The van der Waals surface area contributed by atoms with Crippen molar-refractivity contribution in [3.05, 3.63) is 48.0 Å². The van der Waals surface area contributed by atoms with Crippen molar-refractivity contribution in [1.82, 2.24) is 9.80 Å². The molecule has 2 heterocycles. The van der Waals surface area contributed by atoms with Crippen molar-refractivity contribution < 1.29 is 4.79 Å². The normalized spacial score (nSPS) is 17.1. The molecule has 0 radical (unpaired) electrons. The number of likely N-dealkylation sites (N-methyl/N-ethyl adjacent to an activating group) is 1. The Bertz CT molecular complexity index is 862. The molecule has 0 N–H and O–H groups in total. The van der Waals surface area contributed by atoms with Crippen LogP contribution in [0.15, 0.2) is 42.5 Å². The van der Waals surface area contributed by atoms with E-state index in [-0.39, 0.29) is 5.78 Å². The summed E-state index contributed by atoms with van der Waals surface area (Å²) in [7, 11) is 2.13. The van der Waals surface area contributed by atoms with E-state index in [1.165, 1.54) is 20.2 Å². The molecule has 3 aromatic rings. The number of hydrogen-bond acceptors (Lipinski definition) is 4. The molecule has 3 nitrogen and oxygen atoms in total. The van der Waals surface area contributed by atoms with E-state index in [1.54, 1.807) is 11.3 Å². The van der Waals surface area contributed by atoms with E-state index in [0.717, 1.165) is 31.7 Å². The first-order valence-corrected chi connectivity index (χ1v) is 8.88. The van der Waals surface area contributed by atoms with Gasteiger partial charge in [-0.2, -0.15) is 0 Å². The first-order chi connectivity index (χ1) is 11.2. The highest BCUT2D eigenvalue weighted by Gasteiger charge is 2.18. The van der Waals surface area contributed by atoms with Crippen LogP contribution >= 0.6 is 11.3 Å². The van der Waals surface area contributed by atoms with E-state index in [4.69, 9.17) is 0 Å². The number of ketones is 1. The molecule has 0 bridgehead atoms. The Balaban J connectivity index is 1.60. The summed E-state index contributed by atoms with van der Waals surface area (Å²) in [5.74, 6) is 0.228. The fourth-order valence-electron chi connectivity index (χ4n) is 3.20. The van der Waals surface area contributed by atoms with Crippen LogP contribution in [0.1, 0.15) is 10.4 Å². The predicted octanol–water partition coefficient (Wildman–Crippen LogP) is 3.48. The smallest absolute Gasteiger partial charge is 0.176 e. The third kappa shape index (κ3) is 2.90. The van der Waals surface area contributed by atoms with Crippen molar-refractivity contribution in [2.45, 2.75) is 0 Å². The molecule has 1 aromatic heterocycles. The minimum atomic E-state index is 0.228. The number of piperazine rings is 1. The number of rotatable bonds is 3. The van der Waals surface area contributed by atoms with E-state index in [0.29, 0.717) is 6.54 Å². The average Bonchev–Trinajstić information content (AvgIpc) is 2.94. The van der Waals surface area contributed by atoms with Gasteiger partial charge in [0, 0.05) is 51.9 Å². The van der Waals surface area contributed by atoms with Crippen LogP contribution in [0.4, 0.5) is 0 Å². The van der Waals surface area contributed by atoms with E-state index >= 15 is 0 Å². The molecule has 118 valence electrons. The van der Waals surface area contributed by atoms with Gasteiger partial charge >= 0.3 is 0 Å². The second kappa shape index (κ2) is 6.04. The number of hydrogen-bond donors (Lipinski definition) is 0. The zero-order chi connectivity index (χ0) is 15.8. The van der Waals surface area contributed by atoms with Gasteiger partial charge < -0.3 is 4.90 Å². The number of benzene rings is 2. The molecule has 0 saturated carbocycles. The van der Waals surface area contributed by atoms with E-state index in [1.807, 2.05) is 6.07 Å². The van der Waals surface area contributed by atoms with Crippen LogP contribution in [0, 0.1) is 0 Å². The highest BCUT2D eigenvalue weighted by Crippen LogP contribution is 2.34. The molecule has 0 aliphatic carbocycles. The van der Waals surface area contributed by atoms with E-state index in [9.17, 15) is 4.79 Å². The van der Waals surface area contributed by atoms with Crippen LogP contribution in [-0.4, -0.2) is 55.4 Å². The Morgan fingerprint density at radius 1 is 1.00 bits per heavy atom.